The molecule has 1 aromatic carbocycles. The third-order valence-corrected chi connectivity index (χ3v) is 4.12. The number of primary amides is 1. The van der Waals surface area contributed by atoms with Gasteiger partial charge in [0.2, 0.25) is 5.91 Å². The van der Waals surface area contributed by atoms with E-state index in [0.29, 0.717) is 33.6 Å². The van der Waals surface area contributed by atoms with Crippen LogP contribution in [0.2, 0.25) is 0 Å². The Morgan fingerprint density at radius 1 is 1.52 bits per heavy atom. The molecule has 2 aromatic rings. The lowest BCUT2D eigenvalue weighted by atomic mass is 10.0. The van der Waals surface area contributed by atoms with Gasteiger partial charge in [-0.15, -0.1) is 11.6 Å². The lowest BCUT2D eigenvalue weighted by Gasteiger charge is -2.22. The predicted molar refractivity (Wildman–Crippen MR) is 84.9 cm³/mol. The summed E-state index contributed by atoms with van der Waals surface area (Å²) in [6.07, 6.45) is 0.478. The number of hydrogen-bond acceptors (Lipinski definition) is 2. The summed E-state index contributed by atoms with van der Waals surface area (Å²) in [6, 6.07) is 2.41. The minimum absolute atomic E-state index is 0.0159. The average molecular weight is 377 g/mol. The van der Waals surface area contributed by atoms with Crippen LogP contribution < -0.4 is 5.73 Å². The van der Waals surface area contributed by atoms with Gasteiger partial charge in [0.1, 0.15) is 17.7 Å². The Kier molecular flexibility index (Phi) is 4.88. The van der Waals surface area contributed by atoms with E-state index >= 15 is 0 Å². The molecule has 114 valence electrons. The van der Waals surface area contributed by atoms with Crippen LogP contribution in [0.5, 0.6) is 0 Å². The van der Waals surface area contributed by atoms with Gasteiger partial charge in [0.15, 0.2) is 0 Å². The van der Waals surface area contributed by atoms with Gasteiger partial charge in [-0.25, -0.2) is 9.37 Å². The first-order valence-corrected chi connectivity index (χ1v) is 7.90. The molecule has 0 radical (unpaired) electrons. The number of nitrogens with two attached hydrogens (primary N) is 1. The SMILES string of the molecule is CC(C)C(C(N)=O)n1c(CCCl)nc2cc(F)c(Br)cc21. The number of nitrogens with zero attached hydrogens (tertiary/aromatic N) is 2. The first-order chi connectivity index (χ1) is 9.86. The van der Waals surface area contributed by atoms with E-state index in [2.05, 4.69) is 20.9 Å². The molecule has 0 fully saturated rings. The summed E-state index contributed by atoms with van der Waals surface area (Å²) < 4.78 is 15.8. The lowest BCUT2D eigenvalue weighted by molar-refractivity contribution is -0.122. The summed E-state index contributed by atoms with van der Waals surface area (Å²) in [5, 5.41) is 0. The van der Waals surface area contributed by atoms with Gasteiger partial charge in [0.05, 0.1) is 15.5 Å². The molecule has 1 aromatic heterocycles. The fourth-order valence-corrected chi connectivity index (χ4v) is 2.97. The second-order valence-corrected chi connectivity index (χ2v) is 6.42. The fraction of sp³-hybridized carbons (Fsp3) is 0.429. The van der Waals surface area contributed by atoms with E-state index in [4.69, 9.17) is 17.3 Å². The number of carbonyl (C=O) groups is 1. The highest BCUT2D eigenvalue weighted by Gasteiger charge is 2.27. The van der Waals surface area contributed by atoms with Gasteiger partial charge in [-0.05, 0) is 27.9 Å². The van der Waals surface area contributed by atoms with Crippen molar-refractivity contribution in [3.8, 4) is 0 Å². The maximum Gasteiger partial charge on any atom is 0.240 e. The molecule has 1 unspecified atom stereocenters. The molecule has 2 rings (SSSR count). The number of hydrogen-bond donors (Lipinski definition) is 1. The smallest absolute Gasteiger partial charge is 0.240 e. The van der Waals surface area contributed by atoms with Crippen LogP contribution in [0, 0.1) is 11.7 Å². The minimum Gasteiger partial charge on any atom is -0.368 e. The topological polar surface area (TPSA) is 60.9 Å². The summed E-state index contributed by atoms with van der Waals surface area (Å²) in [7, 11) is 0. The molecule has 0 aliphatic carbocycles. The molecule has 7 heteroatoms. The molecule has 1 amide bonds. The van der Waals surface area contributed by atoms with Crippen molar-refractivity contribution in [2.75, 3.05) is 5.88 Å². The van der Waals surface area contributed by atoms with Crippen LogP contribution in [-0.2, 0) is 11.2 Å². The third kappa shape index (κ3) is 3.06. The Morgan fingerprint density at radius 2 is 2.19 bits per heavy atom. The number of halogens is 3. The van der Waals surface area contributed by atoms with Crippen LogP contribution >= 0.6 is 27.5 Å². The van der Waals surface area contributed by atoms with Crippen molar-refractivity contribution >= 4 is 44.5 Å². The molecule has 0 aliphatic rings. The zero-order chi connectivity index (χ0) is 15.7. The molecule has 0 saturated carbocycles. The second kappa shape index (κ2) is 6.32. The van der Waals surface area contributed by atoms with E-state index in [1.54, 1.807) is 10.6 Å². The van der Waals surface area contributed by atoms with Gasteiger partial charge in [-0.1, -0.05) is 13.8 Å². The maximum atomic E-state index is 13.7. The van der Waals surface area contributed by atoms with Crippen LogP contribution in [0.1, 0.15) is 25.7 Å². The molecule has 0 saturated heterocycles. The van der Waals surface area contributed by atoms with Crippen LogP contribution in [0.25, 0.3) is 11.0 Å². The third-order valence-electron chi connectivity index (χ3n) is 3.32. The van der Waals surface area contributed by atoms with Gasteiger partial charge in [-0.2, -0.15) is 0 Å². The van der Waals surface area contributed by atoms with Crippen molar-refractivity contribution in [3.63, 3.8) is 0 Å². The van der Waals surface area contributed by atoms with E-state index in [9.17, 15) is 9.18 Å². The molecule has 21 heavy (non-hydrogen) atoms. The standard InChI is InChI=1S/C14H16BrClFN3O/c1-7(2)13(14(18)21)20-11-5-8(15)9(17)6-10(11)19-12(20)3-4-16/h5-7,13H,3-4H2,1-2H3,(H2,18,21). The van der Waals surface area contributed by atoms with Gasteiger partial charge < -0.3 is 10.3 Å². The van der Waals surface area contributed by atoms with E-state index in [1.165, 1.54) is 6.07 Å². The summed E-state index contributed by atoms with van der Waals surface area (Å²) in [6.45, 7) is 3.81. The highest BCUT2D eigenvalue weighted by atomic mass is 79.9. The Bertz CT molecular complexity index is 686. The predicted octanol–water partition coefficient (Wildman–Crippen LogP) is 3.40. The Balaban J connectivity index is 2.76. The highest BCUT2D eigenvalue weighted by molar-refractivity contribution is 9.10. The molecule has 0 bridgehead atoms. The van der Waals surface area contributed by atoms with E-state index in [1.807, 2.05) is 13.8 Å². The normalized spacial score (nSPS) is 13.0. The molecule has 1 heterocycles. The number of imidazole rings is 1. The monoisotopic (exact) mass is 375 g/mol. The van der Waals surface area contributed by atoms with Crippen LogP contribution in [0.15, 0.2) is 16.6 Å². The van der Waals surface area contributed by atoms with Crippen molar-refractivity contribution in [3.05, 3.63) is 28.2 Å². The number of aromatic nitrogens is 2. The quantitative estimate of drug-likeness (QED) is 0.813. The lowest BCUT2D eigenvalue weighted by Crippen LogP contribution is -2.31. The maximum absolute atomic E-state index is 13.7. The largest absolute Gasteiger partial charge is 0.368 e. The van der Waals surface area contributed by atoms with Crippen molar-refractivity contribution < 1.29 is 9.18 Å². The number of carbonyl (C=O) groups excluding carboxylic acids is 1. The van der Waals surface area contributed by atoms with Gasteiger partial charge in [-0.3, -0.25) is 4.79 Å². The van der Waals surface area contributed by atoms with Crippen LogP contribution in [-0.4, -0.2) is 21.3 Å². The number of amides is 1. The van der Waals surface area contributed by atoms with Crippen molar-refractivity contribution in [1.82, 2.24) is 9.55 Å². The van der Waals surface area contributed by atoms with Crippen molar-refractivity contribution in [2.24, 2.45) is 11.7 Å². The molecule has 0 spiro atoms. The summed E-state index contributed by atoms with van der Waals surface area (Å²) in [5.41, 5.74) is 6.70. The van der Waals surface area contributed by atoms with Gasteiger partial charge in [0, 0.05) is 18.4 Å². The van der Waals surface area contributed by atoms with Crippen LogP contribution in [0.4, 0.5) is 4.39 Å². The summed E-state index contributed by atoms with van der Waals surface area (Å²) >= 11 is 8.97. The van der Waals surface area contributed by atoms with Crippen molar-refractivity contribution in [1.29, 1.82) is 0 Å². The van der Waals surface area contributed by atoms with Gasteiger partial charge >= 0.3 is 0 Å². The summed E-state index contributed by atoms with van der Waals surface area (Å²) in [4.78, 5) is 16.2. The zero-order valence-corrected chi connectivity index (χ0v) is 14.1. The van der Waals surface area contributed by atoms with E-state index < -0.39 is 17.8 Å². The first kappa shape index (κ1) is 16.2. The van der Waals surface area contributed by atoms with Gasteiger partial charge in [0.25, 0.3) is 0 Å². The molecular formula is C14H16BrClFN3O. The molecule has 0 aliphatic heterocycles. The van der Waals surface area contributed by atoms with Crippen molar-refractivity contribution in [2.45, 2.75) is 26.3 Å². The molecule has 1 atom stereocenters. The molecular weight excluding hydrogens is 361 g/mol. The number of fused-ring (bicyclic) bond motifs is 1. The Morgan fingerprint density at radius 3 is 2.71 bits per heavy atom. The summed E-state index contributed by atoms with van der Waals surface area (Å²) in [5.74, 6) is 0.134. The highest BCUT2D eigenvalue weighted by Crippen LogP contribution is 2.30. The Labute approximate surface area is 135 Å². The number of alkyl halides is 1. The van der Waals surface area contributed by atoms with Crippen LogP contribution in [0.3, 0.4) is 0 Å². The molecule has 4 nitrogen and oxygen atoms in total. The van der Waals surface area contributed by atoms with E-state index in [0.717, 1.165) is 0 Å². The average Bonchev–Trinajstić information content (AvgIpc) is 2.68. The minimum atomic E-state index is -0.550. The molecule has 2 N–H and O–H groups in total. The fourth-order valence-electron chi connectivity index (χ4n) is 2.47. The number of benzene rings is 1. The Hall–Kier alpha value is -1.14. The zero-order valence-electron chi connectivity index (χ0n) is 11.7. The second-order valence-electron chi connectivity index (χ2n) is 5.18. The first-order valence-electron chi connectivity index (χ1n) is 6.58. The number of rotatable bonds is 5. The van der Waals surface area contributed by atoms with E-state index in [-0.39, 0.29) is 5.92 Å². The number of aryl methyl sites for hydroxylation is 1.